The Balaban J connectivity index is 2.32. The summed E-state index contributed by atoms with van der Waals surface area (Å²) in [7, 11) is 0. The lowest BCUT2D eigenvalue weighted by molar-refractivity contribution is -0.122. The third-order valence-corrected chi connectivity index (χ3v) is 4.05. The number of anilines is 1. The zero-order valence-electron chi connectivity index (χ0n) is 11.7. The van der Waals surface area contributed by atoms with E-state index in [0.29, 0.717) is 19.1 Å². The number of carbonyl (C=O) groups is 1. The summed E-state index contributed by atoms with van der Waals surface area (Å²) >= 11 is 0. The summed E-state index contributed by atoms with van der Waals surface area (Å²) in [6.07, 6.45) is 1.88. The van der Waals surface area contributed by atoms with Gasteiger partial charge in [0.2, 0.25) is 5.91 Å². The molecule has 2 unspecified atom stereocenters. The molecule has 2 rings (SSSR count). The van der Waals surface area contributed by atoms with Gasteiger partial charge in [-0.2, -0.15) is 0 Å². The van der Waals surface area contributed by atoms with Crippen molar-refractivity contribution < 1.29 is 4.79 Å². The van der Waals surface area contributed by atoms with Crippen LogP contribution in [0.4, 0.5) is 5.69 Å². The van der Waals surface area contributed by atoms with Crippen LogP contribution in [-0.2, 0) is 11.3 Å². The molecular weight excluding hydrogens is 238 g/mol. The fourth-order valence-electron chi connectivity index (χ4n) is 2.79. The lowest BCUT2D eigenvalue weighted by Gasteiger charge is -2.39. The molecule has 1 heterocycles. The summed E-state index contributed by atoms with van der Waals surface area (Å²) in [4.78, 5) is 13.7. The monoisotopic (exact) mass is 261 g/mol. The van der Waals surface area contributed by atoms with Gasteiger partial charge in [-0.25, -0.2) is 0 Å². The van der Waals surface area contributed by atoms with Crippen LogP contribution in [0.2, 0.25) is 0 Å². The molecular formula is C15H23N3O. The fourth-order valence-corrected chi connectivity index (χ4v) is 2.79. The summed E-state index contributed by atoms with van der Waals surface area (Å²) in [5.74, 6) is -0.249. The summed E-state index contributed by atoms with van der Waals surface area (Å²) in [6.45, 7) is 5.48. The van der Waals surface area contributed by atoms with E-state index in [1.165, 1.54) is 5.56 Å². The molecule has 1 aliphatic heterocycles. The Hall–Kier alpha value is -1.55. The molecule has 0 spiro atoms. The first-order chi connectivity index (χ1) is 9.02. The van der Waals surface area contributed by atoms with Gasteiger partial charge in [0.15, 0.2) is 0 Å². The maximum atomic E-state index is 11.4. The average Bonchev–Trinajstić information content (AvgIpc) is 2.39. The minimum absolute atomic E-state index is 0.0534. The van der Waals surface area contributed by atoms with Crippen LogP contribution in [0.3, 0.4) is 0 Å². The highest BCUT2D eigenvalue weighted by molar-refractivity contribution is 5.78. The van der Waals surface area contributed by atoms with E-state index in [1.54, 1.807) is 0 Å². The Morgan fingerprint density at radius 2 is 2.16 bits per heavy atom. The largest absolute Gasteiger partial charge is 0.369 e. The number of amides is 1. The van der Waals surface area contributed by atoms with Crippen molar-refractivity contribution in [2.75, 3.05) is 11.4 Å². The Morgan fingerprint density at radius 1 is 1.42 bits per heavy atom. The van der Waals surface area contributed by atoms with E-state index in [-0.39, 0.29) is 11.8 Å². The zero-order chi connectivity index (χ0) is 14.0. The van der Waals surface area contributed by atoms with Crippen molar-refractivity contribution in [2.45, 2.75) is 39.3 Å². The van der Waals surface area contributed by atoms with Crippen LogP contribution in [0.25, 0.3) is 0 Å². The first-order valence-corrected chi connectivity index (χ1v) is 6.88. The van der Waals surface area contributed by atoms with Gasteiger partial charge in [-0.15, -0.1) is 0 Å². The standard InChI is InChI=1S/C15H23N3O/c1-10-3-5-12(8-16)14(7-10)18-9-13(15(17)19)6-4-11(18)2/h3,5,7,11,13H,4,6,8-9,16H2,1-2H3,(H2,17,19). The molecule has 0 radical (unpaired) electrons. The number of piperidine rings is 1. The number of aryl methyl sites for hydroxylation is 1. The normalized spacial score (nSPS) is 23.4. The highest BCUT2D eigenvalue weighted by Gasteiger charge is 2.29. The molecule has 1 aliphatic rings. The van der Waals surface area contributed by atoms with Crippen LogP contribution in [-0.4, -0.2) is 18.5 Å². The fraction of sp³-hybridized carbons (Fsp3) is 0.533. The molecule has 0 aromatic heterocycles. The van der Waals surface area contributed by atoms with Gasteiger partial charge in [-0.3, -0.25) is 4.79 Å². The van der Waals surface area contributed by atoms with Crippen molar-refractivity contribution in [3.05, 3.63) is 29.3 Å². The minimum atomic E-state index is -0.196. The van der Waals surface area contributed by atoms with Crippen molar-refractivity contribution in [1.29, 1.82) is 0 Å². The predicted molar refractivity (Wildman–Crippen MR) is 77.8 cm³/mol. The number of carbonyl (C=O) groups excluding carboxylic acids is 1. The quantitative estimate of drug-likeness (QED) is 0.867. The lowest BCUT2D eigenvalue weighted by Crippen LogP contribution is -2.46. The Bertz CT molecular complexity index is 472. The predicted octanol–water partition coefficient (Wildman–Crippen LogP) is 1.54. The SMILES string of the molecule is Cc1ccc(CN)c(N2CC(C(N)=O)CCC2C)c1. The van der Waals surface area contributed by atoms with E-state index in [1.807, 2.05) is 0 Å². The van der Waals surface area contributed by atoms with Gasteiger partial charge in [0, 0.05) is 24.8 Å². The molecule has 0 saturated carbocycles. The molecule has 4 heteroatoms. The first kappa shape index (κ1) is 13.9. The van der Waals surface area contributed by atoms with Crippen molar-refractivity contribution in [1.82, 2.24) is 0 Å². The molecule has 2 atom stereocenters. The number of nitrogens with two attached hydrogens (primary N) is 2. The number of hydrogen-bond acceptors (Lipinski definition) is 3. The topological polar surface area (TPSA) is 72.3 Å². The van der Waals surface area contributed by atoms with Gasteiger partial charge in [-0.05, 0) is 43.9 Å². The molecule has 0 bridgehead atoms. The van der Waals surface area contributed by atoms with Crippen LogP contribution >= 0.6 is 0 Å². The van der Waals surface area contributed by atoms with Crippen molar-refractivity contribution in [3.8, 4) is 0 Å². The van der Waals surface area contributed by atoms with Crippen LogP contribution in [0, 0.1) is 12.8 Å². The van der Waals surface area contributed by atoms with Gasteiger partial charge in [-0.1, -0.05) is 12.1 Å². The van der Waals surface area contributed by atoms with E-state index in [9.17, 15) is 4.79 Å². The molecule has 4 N–H and O–H groups in total. The van der Waals surface area contributed by atoms with Crippen LogP contribution in [0.1, 0.15) is 30.9 Å². The number of hydrogen-bond donors (Lipinski definition) is 2. The maximum absolute atomic E-state index is 11.4. The second-order valence-corrected chi connectivity index (χ2v) is 5.51. The van der Waals surface area contributed by atoms with Gasteiger partial charge in [0.05, 0.1) is 5.92 Å². The number of primary amides is 1. The molecule has 19 heavy (non-hydrogen) atoms. The van der Waals surface area contributed by atoms with Crippen LogP contribution < -0.4 is 16.4 Å². The number of benzene rings is 1. The van der Waals surface area contributed by atoms with E-state index in [0.717, 1.165) is 24.1 Å². The molecule has 1 saturated heterocycles. The Morgan fingerprint density at radius 3 is 2.79 bits per heavy atom. The second-order valence-electron chi connectivity index (χ2n) is 5.51. The van der Waals surface area contributed by atoms with Gasteiger partial charge >= 0.3 is 0 Å². The molecule has 4 nitrogen and oxygen atoms in total. The molecule has 1 aromatic carbocycles. The Kier molecular flexibility index (Phi) is 4.10. The molecule has 1 amide bonds. The lowest BCUT2D eigenvalue weighted by atomic mass is 9.91. The summed E-state index contributed by atoms with van der Waals surface area (Å²) in [5.41, 5.74) is 14.8. The van der Waals surface area contributed by atoms with E-state index in [4.69, 9.17) is 11.5 Å². The van der Waals surface area contributed by atoms with Gasteiger partial charge in [0.25, 0.3) is 0 Å². The first-order valence-electron chi connectivity index (χ1n) is 6.88. The van der Waals surface area contributed by atoms with Crippen LogP contribution in [0.15, 0.2) is 18.2 Å². The second kappa shape index (κ2) is 5.61. The van der Waals surface area contributed by atoms with E-state index >= 15 is 0 Å². The minimum Gasteiger partial charge on any atom is -0.369 e. The molecule has 104 valence electrons. The van der Waals surface area contributed by atoms with Gasteiger partial charge in [0.1, 0.15) is 0 Å². The number of nitrogens with zero attached hydrogens (tertiary/aromatic N) is 1. The third-order valence-electron chi connectivity index (χ3n) is 4.05. The maximum Gasteiger partial charge on any atom is 0.222 e. The van der Waals surface area contributed by atoms with E-state index < -0.39 is 0 Å². The summed E-state index contributed by atoms with van der Waals surface area (Å²) in [6, 6.07) is 6.72. The van der Waals surface area contributed by atoms with E-state index in [2.05, 4.69) is 36.9 Å². The average molecular weight is 261 g/mol. The highest BCUT2D eigenvalue weighted by atomic mass is 16.1. The summed E-state index contributed by atoms with van der Waals surface area (Å²) in [5, 5.41) is 0. The van der Waals surface area contributed by atoms with Crippen molar-refractivity contribution in [3.63, 3.8) is 0 Å². The van der Waals surface area contributed by atoms with Crippen molar-refractivity contribution >= 4 is 11.6 Å². The third kappa shape index (κ3) is 2.89. The van der Waals surface area contributed by atoms with Crippen LogP contribution in [0.5, 0.6) is 0 Å². The van der Waals surface area contributed by atoms with Gasteiger partial charge < -0.3 is 16.4 Å². The molecule has 1 aromatic rings. The smallest absolute Gasteiger partial charge is 0.222 e. The summed E-state index contributed by atoms with van der Waals surface area (Å²) < 4.78 is 0. The molecule has 1 fully saturated rings. The highest BCUT2D eigenvalue weighted by Crippen LogP contribution is 2.30. The molecule has 0 aliphatic carbocycles. The Labute approximate surface area is 114 Å². The zero-order valence-corrected chi connectivity index (χ0v) is 11.7. The number of rotatable bonds is 3. The van der Waals surface area contributed by atoms with Crippen molar-refractivity contribution in [2.24, 2.45) is 17.4 Å².